The maximum atomic E-state index is 14.1. The summed E-state index contributed by atoms with van der Waals surface area (Å²) in [5.74, 6) is -0.338. The number of ether oxygens (including phenoxy) is 6. The van der Waals surface area contributed by atoms with E-state index < -0.39 is 0 Å². The average Bonchev–Trinajstić information content (AvgIpc) is 3.73. The van der Waals surface area contributed by atoms with Gasteiger partial charge in [-0.1, -0.05) is 0 Å². The fourth-order valence-electron chi connectivity index (χ4n) is 4.46. The Kier molecular flexibility index (Phi) is 14.2. The molecule has 2 aliphatic heterocycles. The molecule has 0 fully saturated rings. The normalized spacial score (nSPS) is 15.2. The van der Waals surface area contributed by atoms with Crippen molar-refractivity contribution in [1.29, 1.82) is 0 Å². The molecular formula is C28H34Br2N2O8Se2. The predicted molar refractivity (Wildman–Crippen MR) is 166 cm³/mol. The second-order valence-electron chi connectivity index (χ2n) is 9.00. The van der Waals surface area contributed by atoms with E-state index in [0.29, 0.717) is 102 Å². The van der Waals surface area contributed by atoms with Crippen molar-refractivity contribution in [3.63, 3.8) is 0 Å². The van der Waals surface area contributed by atoms with E-state index in [2.05, 4.69) is 31.9 Å². The molecular weight excluding hydrogens is 810 g/mol. The van der Waals surface area contributed by atoms with E-state index >= 15 is 0 Å². The fraction of sp³-hybridized carbons (Fsp3) is 0.500. The minimum absolute atomic E-state index is 0.0483. The number of carbonyl (C=O) groups is 2. The van der Waals surface area contributed by atoms with Gasteiger partial charge in [0.2, 0.25) is 0 Å². The molecule has 14 heteroatoms. The van der Waals surface area contributed by atoms with E-state index in [1.165, 1.54) is 0 Å². The Morgan fingerprint density at radius 2 is 0.929 bits per heavy atom. The van der Waals surface area contributed by atoms with Crippen LogP contribution in [0.2, 0.25) is 0 Å². The number of carbonyl (C=O) groups excluding carboxylic acids is 2. The number of amides is 2. The van der Waals surface area contributed by atoms with Crippen molar-refractivity contribution in [3.8, 4) is 0 Å². The van der Waals surface area contributed by atoms with Crippen LogP contribution in [0, 0.1) is 0 Å². The van der Waals surface area contributed by atoms with Crippen molar-refractivity contribution in [1.82, 2.24) is 9.80 Å². The molecule has 4 rings (SSSR count). The van der Waals surface area contributed by atoms with Gasteiger partial charge in [0.1, 0.15) is 0 Å². The Balaban J connectivity index is 1.54. The van der Waals surface area contributed by atoms with Crippen LogP contribution >= 0.6 is 31.9 Å². The third-order valence-electron chi connectivity index (χ3n) is 6.32. The van der Waals surface area contributed by atoms with Crippen molar-refractivity contribution >= 4 is 84.1 Å². The Hall–Kier alpha value is -0.861. The van der Waals surface area contributed by atoms with E-state index in [-0.39, 0.29) is 40.8 Å². The maximum absolute atomic E-state index is 14.1. The molecule has 0 atom stereocenters. The molecule has 0 unspecified atom stereocenters. The van der Waals surface area contributed by atoms with E-state index in [1.54, 1.807) is 24.0 Å². The summed E-state index contributed by atoms with van der Waals surface area (Å²) in [5.41, 5.74) is 2.33. The van der Waals surface area contributed by atoms with Gasteiger partial charge in [-0.15, -0.1) is 0 Å². The Morgan fingerprint density at radius 3 is 1.26 bits per heavy atom. The first-order chi connectivity index (χ1) is 20.5. The van der Waals surface area contributed by atoms with Gasteiger partial charge in [-0.2, -0.15) is 0 Å². The monoisotopic (exact) mass is 844 g/mol. The molecule has 0 bridgehead atoms. The zero-order valence-electron chi connectivity index (χ0n) is 23.5. The summed E-state index contributed by atoms with van der Waals surface area (Å²) in [7, 11) is 3.26. The van der Waals surface area contributed by atoms with Crippen LogP contribution in [0.3, 0.4) is 0 Å². The molecule has 0 N–H and O–H groups in total. The number of hydrogen-bond acceptors (Lipinski definition) is 8. The number of nitrogens with zero attached hydrogens (tertiary/aromatic N) is 2. The number of fused-ring (bicyclic) bond motifs is 1. The zero-order chi connectivity index (χ0) is 29.9. The first-order valence-electron chi connectivity index (χ1n) is 13.4. The van der Waals surface area contributed by atoms with E-state index in [9.17, 15) is 9.59 Å². The van der Waals surface area contributed by atoms with Gasteiger partial charge in [0.05, 0.1) is 0 Å². The van der Waals surface area contributed by atoms with Gasteiger partial charge in [0.15, 0.2) is 0 Å². The third kappa shape index (κ3) is 8.65. The fourth-order valence-corrected chi connectivity index (χ4v) is 9.86. The quantitative estimate of drug-likeness (QED) is 0.149. The van der Waals surface area contributed by atoms with Gasteiger partial charge < -0.3 is 0 Å². The molecule has 0 spiro atoms. The topological polar surface area (TPSA) is 96.0 Å². The van der Waals surface area contributed by atoms with Crippen LogP contribution < -0.4 is 0 Å². The van der Waals surface area contributed by atoms with Gasteiger partial charge in [-0.05, 0) is 0 Å². The molecule has 230 valence electrons. The molecule has 0 radical (unpaired) electrons. The molecule has 0 saturated carbocycles. The van der Waals surface area contributed by atoms with Crippen molar-refractivity contribution in [2.45, 2.75) is 0 Å². The van der Waals surface area contributed by atoms with E-state index in [1.807, 2.05) is 24.3 Å². The van der Waals surface area contributed by atoms with Crippen LogP contribution in [0.25, 0.3) is 11.4 Å². The first kappa shape index (κ1) is 34.0. The third-order valence-corrected chi connectivity index (χ3v) is 12.2. The average molecular weight is 844 g/mol. The van der Waals surface area contributed by atoms with Crippen molar-refractivity contribution < 1.29 is 38.0 Å². The molecule has 2 aliphatic rings. The molecule has 0 saturated heterocycles. The molecule has 2 amide bonds. The Morgan fingerprint density at radius 1 is 0.571 bits per heavy atom. The number of rotatable bonds is 20. The Labute approximate surface area is 274 Å². The molecule has 2 aromatic heterocycles. The van der Waals surface area contributed by atoms with Crippen LogP contribution in [0.5, 0.6) is 0 Å². The standard InChI is InChI=1S/C28H34Br2N2O8Se2/c1-35-11-13-39-17-15-37-9-7-31-25(19-3-5-21(29)41-19)23-24(27(31)33)26(20-4-6-22(30)42-20)32(28(23)34)8-10-38-16-18-40-14-12-36-2/h3-6H,7-18H2,1-2H3. The van der Waals surface area contributed by atoms with Crippen LogP contribution in [-0.2, 0) is 38.0 Å². The van der Waals surface area contributed by atoms with E-state index in [4.69, 9.17) is 28.4 Å². The molecule has 4 heterocycles. The van der Waals surface area contributed by atoms with Gasteiger partial charge in [-0.25, -0.2) is 0 Å². The number of hydrogen-bond donors (Lipinski definition) is 0. The molecule has 10 nitrogen and oxygen atoms in total. The first-order valence-corrected chi connectivity index (χ1v) is 18.4. The van der Waals surface area contributed by atoms with Crippen molar-refractivity contribution in [2.75, 3.05) is 93.4 Å². The summed E-state index contributed by atoms with van der Waals surface area (Å²) in [6.45, 7) is 5.09. The van der Waals surface area contributed by atoms with Gasteiger partial charge in [0, 0.05) is 14.2 Å². The summed E-state index contributed by atoms with van der Waals surface area (Å²) in [6, 6.07) is 7.98. The summed E-state index contributed by atoms with van der Waals surface area (Å²) in [4.78, 5) is 31.7. The number of methoxy groups -OCH3 is 2. The van der Waals surface area contributed by atoms with E-state index in [0.717, 1.165) is 15.6 Å². The van der Waals surface area contributed by atoms with Crippen molar-refractivity contribution in [3.05, 3.63) is 51.0 Å². The summed E-state index contributed by atoms with van der Waals surface area (Å²) in [6.07, 6.45) is 0. The van der Waals surface area contributed by atoms with Gasteiger partial charge >= 0.3 is 262 Å². The molecule has 0 aromatic carbocycles. The van der Waals surface area contributed by atoms with Gasteiger partial charge in [0.25, 0.3) is 0 Å². The van der Waals surface area contributed by atoms with Crippen LogP contribution in [0.1, 0.15) is 8.87 Å². The molecule has 2 aromatic rings. The summed E-state index contributed by atoms with van der Waals surface area (Å²) < 4.78 is 36.6. The summed E-state index contributed by atoms with van der Waals surface area (Å²) in [5, 5.41) is 0. The zero-order valence-corrected chi connectivity index (χ0v) is 30.1. The predicted octanol–water partition coefficient (Wildman–Crippen LogP) is 2.49. The molecule has 42 heavy (non-hydrogen) atoms. The van der Waals surface area contributed by atoms with Crippen molar-refractivity contribution in [2.24, 2.45) is 0 Å². The van der Waals surface area contributed by atoms with Crippen LogP contribution in [0.15, 0.2) is 42.1 Å². The second-order valence-corrected chi connectivity index (χ2v) is 17.6. The van der Waals surface area contributed by atoms with Crippen LogP contribution in [0.4, 0.5) is 0 Å². The summed E-state index contributed by atoms with van der Waals surface area (Å²) >= 11 is 7.11. The minimum atomic E-state index is -0.169. The number of halogens is 2. The molecule has 0 aliphatic carbocycles. The SMILES string of the molecule is COCCOCCOCCN1C(=O)C2=C(c3ccc(Br)[se]3)N(CCOCCOCCOC)C(=O)C2=C1c1ccc(Br)[se]1. The van der Waals surface area contributed by atoms with Crippen LogP contribution in [-0.4, -0.2) is 144 Å². The van der Waals surface area contributed by atoms with Gasteiger partial charge in [-0.3, -0.25) is 0 Å². The Bertz CT molecular complexity index is 1180. The second kappa shape index (κ2) is 17.6.